The maximum Gasteiger partial charge on any atom is 0.407 e. The van der Waals surface area contributed by atoms with Gasteiger partial charge < -0.3 is 15.0 Å². The van der Waals surface area contributed by atoms with E-state index in [4.69, 9.17) is 4.74 Å². The van der Waals surface area contributed by atoms with Crippen molar-refractivity contribution in [3.05, 3.63) is 5.82 Å². The number of rotatable bonds is 3. The molecule has 9 heteroatoms. The van der Waals surface area contributed by atoms with Crippen LogP contribution in [0.2, 0.25) is 0 Å². The summed E-state index contributed by atoms with van der Waals surface area (Å²) in [4.78, 5) is 29.4. The average molecular weight is 311 g/mol. The molecule has 0 saturated carbocycles. The lowest BCUT2D eigenvalue weighted by Gasteiger charge is -2.38. The van der Waals surface area contributed by atoms with E-state index in [-0.39, 0.29) is 11.7 Å². The second-order valence-corrected chi connectivity index (χ2v) is 6.28. The Labute approximate surface area is 126 Å². The highest BCUT2D eigenvalue weighted by Crippen LogP contribution is 2.28. The number of alkyl carbamates (subject to hydrolysis) is 1. The molecule has 0 aliphatic carbocycles. The van der Waals surface area contributed by atoms with Gasteiger partial charge in [0.1, 0.15) is 11.4 Å². The van der Waals surface area contributed by atoms with Crippen LogP contribution in [0.5, 0.6) is 0 Å². The fraction of sp³-hybridized carbons (Fsp3) is 0.667. The van der Waals surface area contributed by atoms with Gasteiger partial charge in [-0.1, -0.05) is 11.8 Å². The molecule has 0 bridgehead atoms. The van der Waals surface area contributed by atoms with E-state index in [2.05, 4.69) is 20.5 Å². The Morgan fingerprint density at radius 1 is 1.57 bits per heavy atom. The van der Waals surface area contributed by atoms with Crippen LogP contribution in [0.4, 0.5) is 4.79 Å². The Bertz CT molecular complexity index is 563. The van der Waals surface area contributed by atoms with Crippen molar-refractivity contribution in [2.75, 3.05) is 25.4 Å². The van der Waals surface area contributed by atoms with Gasteiger partial charge in [-0.05, 0) is 19.8 Å². The van der Waals surface area contributed by atoms with E-state index in [1.54, 1.807) is 4.90 Å². The summed E-state index contributed by atoms with van der Waals surface area (Å²) < 4.78 is 5.36. The summed E-state index contributed by atoms with van der Waals surface area (Å²) in [6.45, 7) is 3.45. The molecule has 2 amide bonds. The number of piperidine rings is 1. The van der Waals surface area contributed by atoms with Gasteiger partial charge in [0, 0.05) is 6.54 Å². The van der Waals surface area contributed by atoms with Crippen LogP contribution in [-0.4, -0.2) is 63.1 Å². The van der Waals surface area contributed by atoms with Gasteiger partial charge >= 0.3 is 6.09 Å². The topological polar surface area (TPSA) is 100 Å². The molecule has 8 nitrogen and oxygen atoms in total. The third-order valence-corrected chi connectivity index (χ3v) is 4.49. The predicted molar refractivity (Wildman–Crippen MR) is 74.9 cm³/mol. The van der Waals surface area contributed by atoms with Crippen molar-refractivity contribution in [1.82, 2.24) is 25.4 Å². The first-order valence-corrected chi connectivity index (χ1v) is 7.81. The zero-order chi connectivity index (χ0) is 14.9. The number of aromatic nitrogens is 3. The molecule has 1 atom stereocenters. The smallest absolute Gasteiger partial charge is 0.407 e. The first kappa shape index (κ1) is 14.2. The third-order valence-electron chi connectivity index (χ3n) is 3.66. The zero-order valence-corrected chi connectivity index (χ0v) is 12.5. The van der Waals surface area contributed by atoms with Crippen LogP contribution in [0.15, 0.2) is 5.16 Å². The van der Waals surface area contributed by atoms with Gasteiger partial charge in [-0.3, -0.25) is 9.89 Å². The molecule has 114 valence electrons. The van der Waals surface area contributed by atoms with Gasteiger partial charge in [-0.2, -0.15) is 0 Å². The molecule has 0 radical (unpaired) electrons. The molecule has 3 heterocycles. The molecule has 21 heavy (non-hydrogen) atoms. The van der Waals surface area contributed by atoms with Crippen molar-refractivity contribution >= 4 is 23.8 Å². The van der Waals surface area contributed by atoms with E-state index >= 15 is 0 Å². The number of hydrogen-bond acceptors (Lipinski definition) is 6. The Balaban J connectivity index is 1.56. The molecular formula is C12H17N5O3S. The number of thioether (sulfide) groups is 1. The molecule has 1 spiro atoms. The second-order valence-electron chi connectivity index (χ2n) is 5.34. The number of nitrogens with zero attached hydrogens (tertiary/aromatic N) is 3. The molecule has 1 aromatic rings. The first-order chi connectivity index (χ1) is 10.1. The number of aromatic amines is 1. The summed E-state index contributed by atoms with van der Waals surface area (Å²) in [5, 5.41) is 9.98. The van der Waals surface area contributed by atoms with Crippen molar-refractivity contribution in [2.45, 2.75) is 30.5 Å². The number of ether oxygens (including phenoxy) is 1. The standard InChI is InChI=1S/C12H17N5O3S/c1-8-14-10(16-15-8)21-5-9(18)17-4-2-3-12(7-17)6-13-11(19)20-12/h2-7H2,1H3,(H,13,19)(H,14,15,16)/t12-/m0/s1. The van der Waals surface area contributed by atoms with Gasteiger partial charge in [0.15, 0.2) is 0 Å². The SMILES string of the molecule is Cc1nc(SCC(=O)N2CCC[C@]3(CNC(=O)O3)C2)n[nH]1. The number of H-pyrrole nitrogens is 1. The largest absolute Gasteiger partial charge is 0.439 e. The van der Waals surface area contributed by atoms with E-state index in [1.165, 1.54) is 11.8 Å². The Kier molecular flexibility index (Phi) is 3.75. The summed E-state index contributed by atoms with van der Waals surface area (Å²) in [5.74, 6) is 1.03. The van der Waals surface area contributed by atoms with E-state index in [0.29, 0.717) is 24.8 Å². The molecule has 1 aromatic heterocycles. The predicted octanol–water partition coefficient (Wildman–Crippen LogP) is 0.306. The van der Waals surface area contributed by atoms with Crippen LogP contribution < -0.4 is 5.32 Å². The van der Waals surface area contributed by atoms with Crippen LogP contribution in [0.3, 0.4) is 0 Å². The number of likely N-dealkylation sites (tertiary alicyclic amines) is 1. The number of hydrogen-bond donors (Lipinski definition) is 2. The van der Waals surface area contributed by atoms with E-state index in [1.807, 2.05) is 6.92 Å². The van der Waals surface area contributed by atoms with Crippen molar-refractivity contribution in [3.8, 4) is 0 Å². The quantitative estimate of drug-likeness (QED) is 0.779. The lowest BCUT2D eigenvalue weighted by Crippen LogP contribution is -2.52. The molecule has 2 fully saturated rings. The van der Waals surface area contributed by atoms with Gasteiger partial charge in [0.05, 0.1) is 18.8 Å². The molecule has 2 N–H and O–H groups in total. The summed E-state index contributed by atoms with van der Waals surface area (Å²) in [6.07, 6.45) is 1.24. The van der Waals surface area contributed by atoms with Crippen LogP contribution >= 0.6 is 11.8 Å². The van der Waals surface area contributed by atoms with Gasteiger partial charge in [-0.15, -0.1) is 5.10 Å². The summed E-state index contributed by atoms with van der Waals surface area (Å²) >= 11 is 1.31. The molecule has 0 unspecified atom stereocenters. The summed E-state index contributed by atoms with van der Waals surface area (Å²) in [5.41, 5.74) is -0.545. The highest BCUT2D eigenvalue weighted by molar-refractivity contribution is 7.99. The summed E-state index contributed by atoms with van der Waals surface area (Å²) in [7, 11) is 0. The number of nitrogens with one attached hydrogen (secondary N) is 2. The molecule has 2 aliphatic rings. The van der Waals surface area contributed by atoms with Crippen molar-refractivity contribution in [1.29, 1.82) is 0 Å². The zero-order valence-electron chi connectivity index (χ0n) is 11.7. The van der Waals surface area contributed by atoms with Crippen LogP contribution in [0, 0.1) is 6.92 Å². The Morgan fingerprint density at radius 3 is 3.10 bits per heavy atom. The third kappa shape index (κ3) is 3.12. The van der Waals surface area contributed by atoms with Gasteiger partial charge in [0.25, 0.3) is 0 Å². The lowest BCUT2D eigenvalue weighted by atomic mass is 9.93. The van der Waals surface area contributed by atoms with Gasteiger partial charge in [0.2, 0.25) is 11.1 Å². The monoisotopic (exact) mass is 311 g/mol. The second kappa shape index (κ2) is 5.55. The first-order valence-electron chi connectivity index (χ1n) is 6.83. The minimum Gasteiger partial charge on any atom is -0.439 e. The lowest BCUT2D eigenvalue weighted by molar-refractivity contribution is -0.133. The minimum absolute atomic E-state index is 0.0180. The van der Waals surface area contributed by atoms with E-state index in [9.17, 15) is 9.59 Å². The molecule has 2 aliphatic heterocycles. The minimum atomic E-state index is -0.545. The number of carbonyl (C=O) groups is 2. The van der Waals surface area contributed by atoms with Crippen molar-refractivity contribution in [3.63, 3.8) is 0 Å². The summed E-state index contributed by atoms with van der Waals surface area (Å²) in [6, 6.07) is 0. The maximum atomic E-state index is 12.3. The van der Waals surface area contributed by atoms with Crippen molar-refractivity contribution in [2.24, 2.45) is 0 Å². The fourth-order valence-electron chi connectivity index (χ4n) is 2.64. The maximum absolute atomic E-state index is 12.3. The number of carbonyl (C=O) groups excluding carboxylic acids is 2. The molecule has 3 rings (SSSR count). The van der Waals surface area contributed by atoms with E-state index < -0.39 is 11.7 Å². The Morgan fingerprint density at radius 2 is 2.43 bits per heavy atom. The van der Waals surface area contributed by atoms with Crippen LogP contribution in [0.25, 0.3) is 0 Å². The molecule has 2 saturated heterocycles. The molecule has 0 aromatic carbocycles. The van der Waals surface area contributed by atoms with Gasteiger partial charge in [-0.25, -0.2) is 9.78 Å². The number of amides is 2. The normalized spacial score (nSPS) is 25.0. The van der Waals surface area contributed by atoms with Crippen LogP contribution in [0.1, 0.15) is 18.7 Å². The average Bonchev–Trinajstić information content (AvgIpc) is 3.03. The highest BCUT2D eigenvalue weighted by atomic mass is 32.2. The molecular weight excluding hydrogens is 294 g/mol. The van der Waals surface area contributed by atoms with E-state index in [0.717, 1.165) is 18.7 Å². The Hall–Kier alpha value is -1.77. The highest BCUT2D eigenvalue weighted by Gasteiger charge is 2.44. The number of aryl methyl sites for hydroxylation is 1. The fourth-order valence-corrected chi connectivity index (χ4v) is 3.39. The van der Waals surface area contributed by atoms with Crippen LogP contribution in [-0.2, 0) is 9.53 Å². The van der Waals surface area contributed by atoms with Crippen molar-refractivity contribution < 1.29 is 14.3 Å².